The monoisotopic (exact) mass is 613 g/mol. The van der Waals surface area contributed by atoms with Crippen LogP contribution in [-0.2, 0) is 0 Å². The Bertz CT molecular complexity index is 2570. The molecule has 1 heteroatoms. The molecule has 9 rings (SSSR count). The maximum Gasteiger partial charge on any atom is 0.0629 e. The van der Waals surface area contributed by atoms with E-state index in [9.17, 15) is 0 Å². The Morgan fingerprint density at radius 2 is 0.938 bits per heavy atom. The summed E-state index contributed by atoms with van der Waals surface area (Å²) in [6.07, 6.45) is 0. The lowest BCUT2D eigenvalue weighted by atomic mass is 9.89. The fourth-order valence-corrected chi connectivity index (χ4v) is 7.22. The van der Waals surface area contributed by atoms with Gasteiger partial charge in [0.25, 0.3) is 0 Å². The summed E-state index contributed by atoms with van der Waals surface area (Å²) in [5.41, 5.74) is 11.2. The van der Waals surface area contributed by atoms with E-state index in [4.69, 9.17) is 2.74 Å². The Labute approximate surface area is 284 Å². The van der Waals surface area contributed by atoms with Gasteiger partial charge < -0.3 is 4.90 Å². The highest BCUT2D eigenvalue weighted by Gasteiger charge is 2.30. The molecule has 0 bridgehead atoms. The van der Waals surface area contributed by atoms with Gasteiger partial charge in [0.15, 0.2) is 0 Å². The van der Waals surface area contributed by atoms with Crippen LogP contribution in [-0.4, -0.2) is 0 Å². The molecule has 1 aliphatic carbocycles. The van der Waals surface area contributed by atoms with Gasteiger partial charge in [-0.3, -0.25) is 0 Å². The van der Waals surface area contributed by atoms with Crippen LogP contribution in [0.4, 0.5) is 17.1 Å². The van der Waals surface area contributed by atoms with Gasteiger partial charge in [-0.25, -0.2) is 0 Å². The molecular formula is C47H33N. The Balaban J connectivity index is 1.11. The van der Waals surface area contributed by atoms with Gasteiger partial charge in [0, 0.05) is 23.0 Å². The molecule has 1 aliphatic rings. The number of nitrogens with zero attached hydrogens (tertiary/aromatic N) is 1. The lowest BCUT2D eigenvalue weighted by Crippen LogP contribution is -2.10. The molecular weight excluding hydrogens is 579 g/mol. The fraction of sp³-hybridized carbons (Fsp3) is 0.0213. The fourth-order valence-electron chi connectivity index (χ4n) is 7.22. The molecule has 8 aromatic carbocycles. The Hall–Kier alpha value is -6.18. The first-order valence-electron chi connectivity index (χ1n) is 17.5. The van der Waals surface area contributed by atoms with Crippen molar-refractivity contribution in [3.63, 3.8) is 0 Å². The standard InChI is InChI=1S/C47H33N/c1-3-12-36(13-4-1)47-44-18-10-9-17-43(44)46-32-42(27-28-45(46)47)48(40-15-5-2-6-16-40)41-26-25-38-30-34(22-24-39(38)31-41)20-19-33-21-23-35-11-7-8-14-37(35)29-33/h1-32,47H/b20-19+/i19D,20D. The normalized spacial score (nSPS) is 14.5. The molecule has 0 saturated heterocycles. The molecule has 0 spiro atoms. The second kappa shape index (κ2) is 11.9. The Morgan fingerprint density at radius 3 is 1.73 bits per heavy atom. The molecule has 1 nitrogen and oxygen atoms in total. The van der Waals surface area contributed by atoms with E-state index in [-0.39, 0.29) is 18.0 Å². The second-order valence-electron chi connectivity index (χ2n) is 12.4. The van der Waals surface area contributed by atoms with E-state index in [0.29, 0.717) is 0 Å². The molecule has 0 N–H and O–H groups in total. The van der Waals surface area contributed by atoms with Crippen molar-refractivity contribution < 1.29 is 2.74 Å². The van der Waals surface area contributed by atoms with Gasteiger partial charge in [0.1, 0.15) is 0 Å². The quantitative estimate of drug-likeness (QED) is 0.169. The first-order valence-corrected chi connectivity index (χ1v) is 16.5. The molecule has 0 amide bonds. The highest BCUT2D eigenvalue weighted by atomic mass is 15.1. The summed E-state index contributed by atoms with van der Waals surface area (Å²) in [4.78, 5) is 2.32. The topological polar surface area (TPSA) is 3.24 Å². The van der Waals surface area contributed by atoms with Crippen LogP contribution in [0.15, 0.2) is 182 Å². The molecule has 0 aromatic heterocycles. The zero-order chi connectivity index (χ0) is 33.6. The zero-order valence-electron chi connectivity index (χ0n) is 28.3. The van der Waals surface area contributed by atoms with Gasteiger partial charge >= 0.3 is 0 Å². The van der Waals surface area contributed by atoms with Crippen molar-refractivity contribution >= 4 is 50.7 Å². The summed E-state index contributed by atoms with van der Waals surface area (Å²) in [6, 6.07) is 64.1. The van der Waals surface area contributed by atoms with Crippen molar-refractivity contribution in [2.45, 2.75) is 5.92 Å². The number of hydrogen-bond donors (Lipinski definition) is 0. The van der Waals surface area contributed by atoms with Crippen LogP contribution < -0.4 is 4.90 Å². The molecule has 0 fully saturated rings. The van der Waals surface area contributed by atoms with Crippen molar-refractivity contribution in [3.8, 4) is 11.1 Å². The van der Waals surface area contributed by atoms with Crippen LogP contribution in [0.2, 0.25) is 0 Å². The van der Waals surface area contributed by atoms with Gasteiger partial charge in [-0.2, -0.15) is 0 Å². The maximum atomic E-state index is 8.94. The minimum absolute atomic E-state index is 0.206. The third-order valence-electron chi connectivity index (χ3n) is 9.50. The van der Waals surface area contributed by atoms with E-state index in [1.165, 1.54) is 27.8 Å². The van der Waals surface area contributed by atoms with Crippen LogP contribution in [0.25, 0.3) is 44.8 Å². The average Bonchev–Trinajstić information content (AvgIpc) is 3.51. The Kier molecular flexibility index (Phi) is 6.42. The predicted octanol–water partition coefficient (Wildman–Crippen LogP) is 12.8. The highest BCUT2D eigenvalue weighted by Crippen LogP contribution is 2.50. The van der Waals surface area contributed by atoms with Crippen molar-refractivity contribution in [2.24, 2.45) is 0 Å². The number of anilines is 3. The highest BCUT2D eigenvalue weighted by molar-refractivity contribution is 5.93. The zero-order valence-corrected chi connectivity index (χ0v) is 26.3. The SMILES string of the molecule is [2H]/C(=C(/[2H])c1ccc2cc(N(c3ccccc3)c3ccc4c(c3)-c3ccccc3C4c3ccccc3)ccc2c1)c1ccc2ccccc2c1. The second-order valence-corrected chi connectivity index (χ2v) is 12.4. The van der Waals surface area contributed by atoms with Gasteiger partial charge in [-0.05, 0) is 109 Å². The van der Waals surface area contributed by atoms with Crippen molar-refractivity contribution in [2.75, 3.05) is 4.90 Å². The number of hydrogen-bond acceptors (Lipinski definition) is 1. The van der Waals surface area contributed by atoms with Gasteiger partial charge in [-0.15, -0.1) is 0 Å². The lowest BCUT2D eigenvalue weighted by Gasteiger charge is -2.26. The van der Waals surface area contributed by atoms with E-state index in [1.54, 1.807) is 0 Å². The van der Waals surface area contributed by atoms with Crippen molar-refractivity contribution in [3.05, 3.63) is 210 Å². The molecule has 0 aliphatic heterocycles. The van der Waals surface area contributed by atoms with Crippen molar-refractivity contribution in [1.82, 2.24) is 0 Å². The number of para-hydroxylation sites is 1. The smallest absolute Gasteiger partial charge is 0.0629 e. The summed E-state index contributed by atoms with van der Waals surface area (Å²) >= 11 is 0. The van der Waals surface area contributed by atoms with Crippen LogP contribution >= 0.6 is 0 Å². The molecule has 0 radical (unpaired) electrons. The number of rotatable bonds is 6. The summed E-state index contributed by atoms with van der Waals surface area (Å²) in [5, 5.41) is 4.31. The van der Waals surface area contributed by atoms with E-state index in [0.717, 1.165) is 49.7 Å². The molecule has 0 heterocycles. The molecule has 226 valence electrons. The summed E-state index contributed by atoms with van der Waals surface area (Å²) in [7, 11) is 0. The van der Waals surface area contributed by atoms with Crippen LogP contribution in [0.5, 0.6) is 0 Å². The van der Waals surface area contributed by atoms with Gasteiger partial charge in [-0.1, -0.05) is 146 Å². The largest absolute Gasteiger partial charge is 0.310 e. The van der Waals surface area contributed by atoms with Crippen LogP contribution in [0, 0.1) is 0 Å². The molecule has 1 unspecified atom stereocenters. The van der Waals surface area contributed by atoms with Crippen LogP contribution in [0.3, 0.4) is 0 Å². The molecule has 1 atom stereocenters. The Morgan fingerprint density at radius 1 is 0.396 bits per heavy atom. The maximum absolute atomic E-state index is 8.94. The van der Waals surface area contributed by atoms with Gasteiger partial charge in [0.2, 0.25) is 0 Å². The predicted molar refractivity (Wildman–Crippen MR) is 204 cm³/mol. The van der Waals surface area contributed by atoms with E-state index < -0.39 is 0 Å². The molecule has 48 heavy (non-hydrogen) atoms. The summed E-state index contributed by atoms with van der Waals surface area (Å²) < 4.78 is 17.8. The summed E-state index contributed by atoms with van der Waals surface area (Å²) in [5.74, 6) is 0.206. The summed E-state index contributed by atoms with van der Waals surface area (Å²) in [6.45, 7) is 0. The number of benzene rings is 8. The third-order valence-corrected chi connectivity index (χ3v) is 9.50. The van der Waals surface area contributed by atoms with Gasteiger partial charge in [0.05, 0.1) is 2.74 Å². The first kappa shape index (κ1) is 25.9. The van der Waals surface area contributed by atoms with Crippen molar-refractivity contribution in [1.29, 1.82) is 0 Å². The number of fused-ring (bicyclic) bond motifs is 5. The first-order chi connectivity index (χ1) is 24.6. The van der Waals surface area contributed by atoms with Crippen LogP contribution in [0.1, 0.15) is 36.5 Å². The average molecular weight is 614 g/mol. The molecule has 0 saturated carbocycles. The minimum Gasteiger partial charge on any atom is -0.310 e. The minimum atomic E-state index is 0.206. The molecule has 8 aromatic rings. The van der Waals surface area contributed by atoms with E-state index in [1.807, 2.05) is 48.5 Å². The van der Waals surface area contributed by atoms with E-state index in [2.05, 4.69) is 138 Å². The third kappa shape index (κ3) is 5.07. The van der Waals surface area contributed by atoms with E-state index >= 15 is 0 Å². The lowest BCUT2D eigenvalue weighted by molar-refractivity contribution is 1.01.